The zero-order chi connectivity index (χ0) is 28.3. The topological polar surface area (TPSA) is 126 Å². The molecule has 2 saturated carbocycles. The monoisotopic (exact) mass is 554 g/mol. The van der Waals surface area contributed by atoms with Crippen LogP contribution in [0, 0.1) is 5.92 Å². The van der Waals surface area contributed by atoms with E-state index in [0.717, 1.165) is 17.9 Å². The van der Waals surface area contributed by atoms with E-state index in [1.807, 2.05) is 6.92 Å². The molecule has 12 heteroatoms. The van der Waals surface area contributed by atoms with Gasteiger partial charge in [-0.1, -0.05) is 0 Å². The molecule has 3 aliphatic rings. The van der Waals surface area contributed by atoms with Crippen LogP contribution in [0.15, 0.2) is 30.6 Å². The molecule has 3 aromatic rings. The van der Waals surface area contributed by atoms with Crippen molar-refractivity contribution in [2.45, 2.75) is 83.2 Å². The van der Waals surface area contributed by atoms with Crippen molar-refractivity contribution in [2.75, 3.05) is 0 Å². The maximum atomic E-state index is 13.9. The first-order valence-corrected chi connectivity index (χ1v) is 13.6. The fourth-order valence-electron chi connectivity index (χ4n) is 6.01. The number of carbonyl (C=O) groups is 2. The van der Waals surface area contributed by atoms with Gasteiger partial charge >= 0.3 is 6.61 Å². The Hall–Kier alpha value is -3.64. The summed E-state index contributed by atoms with van der Waals surface area (Å²) in [6.07, 6.45) is 7.28. The van der Waals surface area contributed by atoms with E-state index in [4.69, 9.17) is 10.6 Å². The third kappa shape index (κ3) is 4.68. The molecular weight excluding hydrogens is 522 g/mol. The van der Waals surface area contributed by atoms with Gasteiger partial charge < -0.3 is 14.7 Å². The summed E-state index contributed by atoms with van der Waals surface area (Å²) in [5, 5.41) is 16.1. The van der Waals surface area contributed by atoms with Crippen LogP contribution >= 0.6 is 0 Å². The van der Waals surface area contributed by atoms with Gasteiger partial charge in [-0.15, -0.1) is 0 Å². The van der Waals surface area contributed by atoms with Gasteiger partial charge in [0.25, 0.3) is 11.8 Å². The number of nitrogens with zero attached hydrogens (tertiary/aromatic N) is 5. The van der Waals surface area contributed by atoms with Gasteiger partial charge in [0, 0.05) is 36.6 Å². The van der Waals surface area contributed by atoms with Gasteiger partial charge in [0.1, 0.15) is 17.0 Å². The molecule has 3 N–H and O–H groups in total. The highest BCUT2D eigenvalue weighted by molar-refractivity contribution is 6.06. The first-order chi connectivity index (χ1) is 19.0. The van der Waals surface area contributed by atoms with Gasteiger partial charge in [-0.05, 0) is 82.1 Å². The fraction of sp³-hybridized carbons (Fsp3) is 0.500. The van der Waals surface area contributed by atoms with E-state index in [2.05, 4.69) is 10.1 Å². The van der Waals surface area contributed by atoms with Crippen molar-refractivity contribution in [3.63, 3.8) is 0 Å². The average molecular weight is 555 g/mol. The second-order valence-electron chi connectivity index (χ2n) is 11.5. The van der Waals surface area contributed by atoms with Gasteiger partial charge in [-0.2, -0.15) is 13.9 Å². The molecule has 0 saturated heterocycles. The van der Waals surface area contributed by atoms with Crippen molar-refractivity contribution in [3.05, 3.63) is 47.3 Å². The molecule has 2 aliphatic carbocycles. The van der Waals surface area contributed by atoms with Crippen LogP contribution in [0.3, 0.4) is 0 Å². The predicted molar refractivity (Wildman–Crippen MR) is 140 cm³/mol. The first kappa shape index (κ1) is 26.6. The summed E-state index contributed by atoms with van der Waals surface area (Å²) >= 11 is 0. The van der Waals surface area contributed by atoms with Gasteiger partial charge in [-0.25, -0.2) is 15.3 Å². The number of rotatable bonds is 7. The van der Waals surface area contributed by atoms with E-state index in [9.17, 15) is 23.5 Å². The van der Waals surface area contributed by atoms with Gasteiger partial charge in [-0.3, -0.25) is 14.6 Å². The fourth-order valence-corrected chi connectivity index (χ4v) is 6.01. The van der Waals surface area contributed by atoms with E-state index >= 15 is 0 Å². The molecule has 2 fully saturated rings. The van der Waals surface area contributed by atoms with E-state index in [1.165, 1.54) is 16.8 Å². The number of aromatic nitrogens is 3. The normalized spacial score (nSPS) is 23.5. The van der Waals surface area contributed by atoms with Crippen LogP contribution in [-0.2, 0) is 6.54 Å². The third-order valence-electron chi connectivity index (χ3n) is 8.55. The number of hydrogen-bond donors (Lipinski definition) is 2. The maximum absolute atomic E-state index is 13.9. The maximum Gasteiger partial charge on any atom is 0.387 e. The number of halogens is 2. The van der Waals surface area contributed by atoms with E-state index in [-0.39, 0.29) is 52.8 Å². The van der Waals surface area contributed by atoms with Crippen LogP contribution in [0.4, 0.5) is 8.78 Å². The van der Waals surface area contributed by atoms with Gasteiger partial charge in [0.15, 0.2) is 5.65 Å². The molecule has 2 amide bonds. The molecule has 212 valence electrons. The molecule has 3 heterocycles. The summed E-state index contributed by atoms with van der Waals surface area (Å²) in [5.74, 6) is 5.64. The molecular formula is C28H32F2N6O4. The van der Waals surface area contributed by atoms with Crippen LogP contribution in [-0.4, -0.2) is 65.7 Å². The van der Waals surface area contributed by atoms with E-state index in [0.29, 0.717) is 42.7 Å². The number of alkyl halides is 2. The first-order valence-electron chi connectivity index (χ1n) is 13.6. The molecule has 10 nitrogen and oxygen atoms in total. The highest BCUT2D eigenvalue weighted by Crippen LogP contribution is 2.42. The summed E-state index contributed by atoms with van der Waals surface area (Å²) in [6.45, 7) is 0.845. The summed E-state index contributed by atoms with van der Waals surface area (Å²) in [6, 6.07) is 4.38. The number of aliphatic hydroxyl groups is 1. The van der Waals surface area contributed by atoms with Crippen molar-refractivity contribution in [1.82, 2.24) is 24.5 Å². The Morgan fingerprint density at radius 2 is 1.98 bits per heavy atom. The lowest BCUT2D eigenvalue weighted by Crippen LogP contribution is -2.49. The van der Waals surface area contributed by atoms with Gasteiger partial charge in [0.2, 0.25) is 0 Å². The van der Waals surface area contributed by atoms with E-state index < -0.39 is 18.1 Å². The number of ether oxygens (including phenoxy) is 1. The number of carbonyl (C=O) groups excluding carboxylic acids is 2. The highest BCUT2D eigenvalue weighted by Gasteiger charge is 2.41. The second kappa shape index (κ2) is 9.77. The summed E-state index contributed by atoms with van der Waals surface area (Å²) in [4.78, 5) is 33.3. The Kier molecular flexibility index (Phi) is 6.49. The molecule has 0 radical (unpaired) electrons. The van der Waals surface area contributed by atoms with Crippen LogP contribution in [0.1, 0.15) is 78.7 Å². The van der Waals surface area contributed by atoms with Crippen molar-refractivity contribution >= 4 is 17.5 Å². The molecule has 1 aromatic carbocycles. The minimum Gasteiger partial charge on any atom is -0.434 e. The zero-order valence-electron chi connectivity index (χ0n) is 22.4. The minimum absolute atomic E-state index is 0.0265. The Bertz CT molecular complexity index is 1480. The van der Waals surface area contributed by atoms with Crippen molar-refractivity contribution in [2.24, 2.45) is 11.8 Å². The predicted octanol–water partition coefficient (Wildman–Crippen LogP) is 3.76. The quantitative estimate of drug-likeness (QED) is 0.259. The highest BCUT2D eigenvalue weighted by atomic mass is 19.3. The lowest BCUT2D eigenvalue weighted by Gasteiger charge is -2.37. The summed E-state index contributed by atoms with van der Waals surface area (Å²) < 4.78 is 33.3. The third-order valence-corrected chi connectivity index (χ3v) is 8.55. The Morgan fingerprint density at radius 1 is 1.25 bits per heavy atom. The summed E-state index contributed by atoms with van der Waals surface area (Å²) in [5.41, 5.74) is 0.774. The molecule has 6 rings (SSSR count). The molecule has 0 spiro atoms. The Labute approximate surface area is 229 Å². The Morgan fingerprint density at radius 3 is 2.65 bits per heavy atom. The number of hydrazine groups is 1. The molecule has 1 aliphatic heterocycles. The minimum atomic E-state index is -3.14. The average Bonchev–Trinajstić information content (AvgIpc) is 3.61. The molecule has 1 atom stereocenters. The summed E-state index contributed by atoms with van der Waals surface area (Å²) in [7, 11) is 0. The zero-order valence-corrected chi connectivity index (χ0v) is 22.4. The number of amides is 2. The van der Waals surface area contributed by atoms with Crippen LogP contribution in [0.5, 0.6) is 5.75 Å². The molecule has 0 bridgehead atoms. The SMILES string of the molecule is C[C@@H](C1CC1)N1Cc2cc(-c3nn4cccnc4c3C(=O)N(N)C3CCC(C)(O)CC3)cc(OC(F)F)c2C1=O. The largest absolute Gasteiger partial charge is 0.434 e. The van der Waals surface area contributed by atoms with Crippen LogP contribution in [0.2, 0.25) is 0 Å². The Balaban J connectivity index is 1.43. The van der Waals surface area contributed by atoms with Crippen molar-refractivity contribution in [1.29, 1.82) is 0 Å². The van der Waals surface area contributed by atoms with Crippen molar-refractivity contribution in [3.8, 4) is 17.0 Å². The van der Waals surface area contributed by atoms with E-state index in [1.54, 1.807) is 30.2 Å². The smallest absolute Gasteiger partial charge is 0.387 e. The van der Waals surface area contributed by atoms with Crippen molar-refractivity contribution < 1.29 is 28.2 Å². The number of fused-ring (bicyclic) bond motifs is 2. The number of benzene rings is 1. The lowest BCUT2D eigenvalue weighted by atomic mass is 9.83. The molecule has 0 unspecified atom stereocenters. The van der Waals surface area contributed by atoms with Crippen LogP contribution < -0.4 is 10.6 Å². The van der Waals surface area contributed by atoms with Crippen LogP contribution in [0.25, 0.3) is 16.9 Å². The number of hydrogen-bond acceptors (Lipinski definition) is 7. The second-order valence-corrected chi connectivity index (χ2v) is 11.5. The molecule has 2 aromatic heterocycles. The standard InChI is InChI=1S/C28H32F2N6O4/c1-15(16-4-5-16)34-14-18-12-17(13-20(40-27(29)30)21(18)25(34)37)23-22(24-32-10-3-11-35(24)33-23)26(38)36(31)19-6-8-28(2,39)9-7-19/h3,10-13,15-16,19,27,39H,4-9,14,31H2,1-2H3/t15-,19?,28?/m0/s1. The number of nitrogens with two attached hydrogens (primary N) is 1. The lowest BCUT2D eigenvalue weighted by molar-refractivity contribution is -0.0501. The molecule has 40 heavy (non-hydrogen) atoms. The van der Waals surface area contributed by atoms with Gasteiger partial charge in [0.05, 0.1) is 11.2 Å².